The number of furan rings is 1. The molecule has 1 aromatic heterocycles. The monoisotopic (exact) mass is 434 g/mol. The lowest BCUT2D eigenvalue weighted by atomic mass is 9.94. The van der Waals surface area contributed by atoms with Crippen LogP contribution in [0.3, 0.4) is 0 Å². The van der Waals surface area contributed by atoms with E-state index in [9.17, 15) is 19.1 Å². The molecule has 1 unspecified atom stereocenters. The fourth-order valence-electron chi connectivity index (χ4n) is 3.86. The molecule has 4 rings (SSSR count). The molecule has 0 spiro atoms. The lowest BCUT2D eigenvalue weighted by Crippen LogP contribution is -2.29. The van der Waals surface area contributed by atoms with Crippen molar-refractivity contribution in [2.45, 2.75) is 19.5 Å². The first-order valence-electron chi connectivity index (χ1n) is 10.1. The number of anilines is 1. The standard InChI is InChI=1S/C25H23FN2O4/c1-15-13-17(8-11-20(15)26)23(29)21-22(16-6-9-18(10-7-16)27(2)3)28(25(31)24(21)30)14-19-5-4-12-32-19/h4-13,22,29H,14H2,1-3H3/b23-21-. The summed E-state index contributed by atoms with van der Waals surface area (Å²) in [7, 11) is 3.82. The van der Waals surface area contributed by atoms with Crippen LogP contribution in [0.2, 0.25) is 0 Å². The highest BCUT2D eigenvalue weighted by molar-refractivity contribution is 6.46. The van der Waals surface area contributed by atoms with Gasteiger partial charge in [0.1, 0.15) is 17.3 Å². The number of hydrogen-bond acceptors (Lipinski definition) is 5. The minimum absolute atomic E-state index is 0.0369. The van der Waals surface area contributed by atoms with E-state index in [1.54, 1.807) is 19.1 Å². The number of hydrogen-bond donors (Lipinski definition) is 1. The molecule has 2 aromatic carbocycles. The molecule has 164 valence electrons. The van der Waals surface area contributed by atoms with Gasteiger partial charge in [-0.1, -0.05) is 12.1 Å². The molecule has 1 N–H and O–H groups in total. The molecule has 32 heavy (non-hydrogen) atoms. The largest absolute Gasteiger partial charge is 0.507 e. The van der Waals surface area contributed by atoms with E-state index in [0.717, 1.165) is 5.69 Å². The van der Waals surface area contributed by atoms with Gasteiger partial charge in [0, 0.05) is 25.3 Å². The normalized spacial score (nSPS) is 17.8. The molecule has 0 saturated carbocycles. The summed E-state index contributed by atoms with van der Waals surface area (Å²) in [5, 5.41) is 11.1. The molecule has 1 aliphatic rings. The van der Waals surface area contributed by atoms with Crippen molar-refractivity contribution < 1.29 is 23.5 Å². The zero-order valence-electron chi connectivity index (χ0n) is 18.0. The van der Waals surface area contributed by atoms with Crippen molar-refractivity contribution in [2.75, 3.05) is 19.0 Å². The number of aliphatic hydroxyl groups excluding tert-OH is 1. The molecule has 2 heterocycles. The minimum Gasteiger partial charge on any atom is -0.507 e. The lowest BCUT2D eigenvalue weighted by Gasteiger charge is -2.25. The Kier molecular flexibility index (Phi) is 5.57. The van der Waals surface area contributed by atoms with Gasteiger partial charge in [0.2, 0.25) is 0 Å². The number of benzene rings is 2. The fourth-order valence-corrected chi connectivity index (χ4v) is 3.86. The van der Waals surface area contributed by atoms with Crippen molar-refractivity contribution in [3.63, 3.8) is 0 Å². The number of Topliss-reactive ketones (excluding diaryl/α,β-unsaturated/α-hetero) is 1. The Hall–Kier alpha value is -3.87. The van der Waals surface area contributed by atoms with Gasteiger partial charge in [0.25, 0.3) is 11.7 Å². The van der Waals surface area contributed by atoms with Gasteiger partial charge in [0.05, 0.1) is 24.4 Å². The van der Waals surface area contributed by atoms with Crippen LogP contribution < -0.4 is 4.90 Å². The van der Waals surface area contributed by atoms with Crippen molar-refractivity contribution in [1.29, 1.82) is 0 Å². The molecule has 3 aromatic rings. The minimum atomic E-state index is -0.818. The third-order valence-corrected chi connectivity index (χ3v) is 5.60. The van der Waals surface area contributed by atoms with Crippen LogP contribution in [0.15, 0.2) is 70.9 Å². The Morgan fingerprint density at radius 1 is 1.12 bits per heavy atom. The van der Waals surface area contributed by atoms with Crippen molar-refractivity contribution in [3.8, 4) is 0 Å². The van der Waals surface area contributed by atoms with Crippen LogP contribution in [0.1, 0.15) is 28.5 Å². The van der Waals surface area contributed by atoms with Crippen LogP contribution in [-0.4, -0.2) is 35.8 Å². The van der Waals surface area contributed by atoms with E-state index in [1.165, 1.54) is 29.4 Å². The maximum Gasteiger partial charge on any atom is 0.296 e. The number of rotatable bonds is 5. The lowest BCUT2D eigenvalue weighted by molar-refractivity contribution is -0.140. The molecule has 0 bridgehead atoms. The fraction of sp³-hybridized carbons (Fsp3) is 0.200. The van der Waals surface area contributed by atoms with Gasteiger partial charge in [0.15, 0.2) is 0 Å². The number of likely N-dealkylation sites (tertiary alicyclic amines) is 1. The number of nitrogens with zero attached hydrogens (tertiary/aromatic N) is 2. The summed E-state index contributed by atoms with van der Waals surface area (Å²) >= 11 is 0. The second-order valence-electron chi connectivity index (χ2n) is 7.96. The van der Waals surface area contributed by atoms with Gasteiger partial charge in [-0.15, -0.1) is 0 Å². The van der Waals surface area contributed by atoms with Crippen LogP contribution in [-0.2, 0) is 16.1 Å². The number of aryl methyl sites for hydroxylation is 1. The molecule has 1 amide bonds. The van der Waals surface area contributed by atoms with Gasteiger partial charge in [-0.2, -0.15) is 0 Å². The number of ketones is 1. The molecule has 1 saturated heterocycles. The quantitative estimate of drug-likeness (QED) is 0.366. The summed E-state index contributed by atoms with van der Waals surface area (Å²) in [6.07, 6.45) is 1.49. The number of carbonyl (C=O) groups excluding carboxylic acids is 2. The maximum absolute atomic E-state index is 13.8. The van der Waals surface area contributed by atoms with E-state index in [-0.39, 0.29) is 23.4 Å². The van der Waals surface area contributed by atoms with Crippen molar-refractivity contribution in [3.05, 3.63) is 94.7 Å². The smallest absolute Gasteiger partial charge is 0.296 e. The average molecular weight is 434 g/mol. The second kappa shape index (κ2) is 8.34. The number of carbonyl (C=O) groups is 2. The van der Waals surface area contributed by atoms with Crippen LogP contribution in [0.5, 0.6) is 0 Å². The van der Waals surface area contributed by atoms with E-state index in [1.807, 2.05) is 43.3 Å². The van der Waals surface area contributed by atoms with Gasteiger partial charge >= 0.3 is 0 Å². The van der Waals surface area contributed by atoms with Crippen molar-refractivity contribution in [1.82, 2.24) is 4.90 Å². The third kappa shape index (κ3) is 3.77. The molecule has 0 aliphatic carbocycles. The highest BCUT2D eigenvalue weighted by Crippen LogP contribution is 2.40. The van der Waals surface area contributed by atoms with E-state index < -0.39 is 23.5 Å². The summed E-state index contributed by atoms with van der Waals surface area (Å²) in [4.78, 5) is 29.3. The van der Waals surface area contributed by atoms with Crippen molar-refractivity contribution in [2.24, 2.45) is 0 Å². The molecule has 0 radical (unpaired) electrons. The van der Waals surface area contributed by atoms with Crippen LogP contribution in [0.4, 0.5) is 10.1 Å². The molecular formula is C25H23FN2O4. The zero-order valence-corrected chi connectivity index (χ0v) is 18.0. The van der Waals surface area contributed by atoms with E-state index in [4.69, 9.17) is 4.42 Å². The van der Waals surface area contributed by atoms with E-state index in [2.05, 4.69) is 0 Å². The summed E-state index contributed by atoms with van der Waals surface area (Å²) < 4.78 is 19.1. The van der Waals surface area contributed by atoms with E-state index >= 15 is 0 Å². The van der Waals surface area contributed by atoms with Gasteiger partial charge in [-0.25, -0.2) is 4.39 Å². The van der Waals surface area contributed by atoms with Gasteiger partial charge in [-0.05, 0) is 60.5 Å². The summed E-state index contributed by atoms with van der Waals surface area (Å²) in [5.74, 6) is -1.77. The Bertz CT molecular complexity index is 1200. The molecule has 7 heteroatoms. The average Bonchev–Trinajstić information content (AvgIpc) is 3.37. The third-order valence-electron chi connectivity index (χ3n) is 5.60. The maximum atomic E-state index is 13.8. The first-order chi connectivity index (χ1) is 15.3. The van der Waals surface area contributed by atoms with Gasteiger partial charge < -0.3 is 19.3 Å². The topological polar surface area (TPSA) is 74.0 Å². The first kappa shape index (κ1) is 21.4. The predicted molar refractivity (Wildman–Crippen MR) is 118 cm³/mol. The van der Waals surface area contributed by atoms with Crippen LogP contribution >= 0.6 is 0 Å². The molecule has 1 aliphatic heterocycles. The first-order valence-corrected chi connectivity index (χ1v) is 10.1. The second-order valence-corrected chi connectivity index (χ2v) is 7.96. The Labute approximate surface area is 185 Å². The Morgan fingerprint density at radius 3 is 2.44 bits per heavy atom. The van der Waals surface area contributed by atoms with Crippen molar-refractivity contribution >= 4 is 23.1 Å². The zero-order chi connectivity index (χ0) is 23.0. The van der Waals surface area contributed by atoms with Crippen LogP contribution in [0, 0.1) is 12.7 Å². The molecular weight excluding hydrogens is 411 g/mol. The summed E-state index contributed by atoms with van der Waals surface area (Å²) in [5.41, 5.74) is 2.18. The SMILES string of the molecule is Cc1cc(/C(O)=C2/C(=O)C(=O)N(Cc3ccco3)C2c2ccc(N(C)C)cc2)ccc1F. The molecule has 6 nitrogen and oxygen atoms in total. The van der Waals surface area contributed by atoms with E-state index in [0.29, 0.717) is 16.9 Å². The number of amides is 1. The highest BCUT2D eigenvalue weighted by atomic mass is 19.1. The summed E-state index contributed by atoms with van der Waals surface area (Å²) in [6.45, 7) is 1.63. The predicted octanol–water partition coefficient (Wildman–Crippen LogP) is 4.42. The number of aliphatic hydroxyl groups is 1. The Balaban J connectivity index is 1.86. The number of halogens is 1. The van der Waals surface area contributed by atoms with Crippen LogP contribution in [0.25, 0.3) is 5.76 Å². The summed E-state index contributed by atoms with van der Waals surface area (Å²) in [6, 6.07) is 14.1. The highest BCUT2D eigenvalue weighted by Gasteiger charge is 2.46. The molecule has 1 fully saturated rings. The van der Waals surface area contributed by atoms with Gasteiger partial charge in [-0.3, -0.25) is 9.59 Å². The molecule has 1 atom stereocenters. The Morgan fingerprint density at radius 2 is 1.84 bits per heavy atom.